The van der Waals surface area contributed by atoms with Gasteiger partial charge in [-0.05, 0) is 31.7 Å². The SMILES string of the molecule is CCNCc1cc(COc2ccc3c(c2)OCO3)c(C)s1. The molecule has 0 amide bonds. The van der Waals surface area contributed by atoms with Crippen LogP contribution < -0.4 is 19.5 Å². The van der Waals surface area contributed by atoms with Gasteiger partial charge in [-0.15, -0.1) is 11.3 Å². The summed E-state index contributed by atoms with van der Waals surface area (Å²) < 4.78 is 16.5. The molecule has 1 aromatic heterocycles. The largest absolute Gasteiger partial charge is 0.489 e. The van der Waals surface area contributed by atoms with Crippen molar-refractivity contribution in [3.63, 3.8) is 0 Å². The summed E-state index contributed by atoms with van der Waals surface area (Å²) in [7, 11) is 0. The van der Waals surface area contributed by atoms with Crippen LogP contribution in [0.1, 0.15) is 22.2 Å². The first kappa shape index (κ1) is 14.2. The van der Waals surface area contributed by atoms with E-state index in [0.29, 0.717) is 6.61 Å². The molecule has 2 aromatic rings. The first-order valence-corrected chi connectivity index (χ1v) is 7.89. The van der Waals surface area contributed by atoms with E-state index in [0.717, 1.165) is 30.3 Å². The molecule has 4 nitrogen and oxygen atoms in total. The molecule has 0 aliphatic carbocycles. The highest BCUT2D eigenvalue weighted by molar-refractivity contribution is 7.12. The Morgan fingerprint density at radius 2 is 2.10 bits per heavy atom. The monoisotopic (exact) mass is 305 g/mol. The van der Waals surface area contributed by atoms with Crippen molar-refractivity contribution in [3.8, 4) is 17.2 Å². The molecule has 0 atom stereocenters. The van der Waals surface area contributed by atoms with Crippen molar-refractivity contribution in [2.75, 3.05) is 13.3 Å². The molecule has 112 valence electrons. The molecular formula is C16H19NO3S. The number of hydrogen-bond acceptors (Lipinski definition) is 5. The van der Waals surface area contributed by atoms with E-state index in [2.05, 4.69) is 25.2 Å². The van der Waals surface area contributed by atoms with Crippen molar-refractivity contribution in [2.45, 2.75) is 27.0 Å². The normalized spacial score (nSPS) is 12.7. The van der Waals surface area contributed by atoms with E-state index >= 15 is 0 Å². The molecule has 3 rings (SSSR count). The minimum absolute atomic E-state index is 0.288. The van der Waals surface area contributed by atoms with Gasteiger partial charge in [0.1, 0.15) is 12.4 Å². The van der Waals surface area contributed by atoms with Gasteiger partial charge in [0.05, 0.1) is 0 Å². The second kappa shape index (κ2) is 6.37. The van der Waals surface area contributed by atoms with Crippen molar-refractivity contribution in [1.82, 2.24) is 5.32 Å². The maximum absolute atomic E-state index is 5.87. The van der Waals surface area contributed by atoms with E-state index in [1.165, 1.54) is 15.3 Å². The van der Waals surface area contributed by atoms with Gasteiger partial charge in [0.25, 0.3) is 0 Å². The maximum Gasteiger partial charge on any atom is 0.231 e. The molecule has 5 heteroatoms. The van der Waals surface area contributed by atoms with Crippen LogP contribution in [0.3, 0.4) is 0 Å². The van der Waals surface area contributed by atoms with Gasteiger partial charge < -0.3 is 19.5 Å². The van der Waals surface area contributed by atoms with E-state index in [1.54, 1.807) is 0 Å². The van der Waals surface area contributed by atoms with E-state index in [-0.39, 0.29) is 6.79 Å². The predicted octanol–water partition coefficient (Wildman–Crippen LogP) is 3.47. The standard InChI is InChI=1S/C16H19NO3S/c1-3-17-8-14-6-12(11(2)21-14)9-18-13-4-5-15-16(7-13)20-10-19-15/h4-7,17H,3,8-10H2,1-2H3. The third kappa shape index (κ3) is 3.31. The average Bonchev–Trinajstić information content (AvgIpc) is 3.08. The molecule has 0 saturated heterocycles. The molecule has 1 aromatic carbocycles. The van der Waals surface area contributed by atoms with Crippen LogP contribution in [-0.2, 0) is 13.2 Å². The van der Waals surface area contributed by atoms with Crippen molar-refractivity contribution in [1.29, 1.82) is 0 Å². The lowest BCUT2D eigenvalue weighted by Gasteiger charge is -2.06. The van der Waals surface area contributed by atoms with Gasteiger partial charge in [-0.2, -0.15) is 0 Å². The van der Waals surface area contributed by atoms with Crippen molar-refractivity contribution in [2.24, 2.45) is 0 Å². The van der Waals surface area contributed by atoms with Gasteiger partial charge >= 0.3 is 0 Å². The minimum atomic E-state index is 0.288. The van der Waals surface area contributed by atoms with Crippen LogP contribution in [0.5, 0.6) is 17.2 Å². The Balaban J connectivity index is 1.63. The zero-order chi connectivity index (χ0) is 14.7. The zero-order valence-corrected chi connectivity index (χ0v) is 13.1. The van der Waals surface area contributed by atoms with Crippen LogP contribution in [-0.4, -0.2) is 13.3 Å². The van der Waals surface area contributed by atoms with Crippen LogP contribution in [0.15, 0.2) is 24.3 Å². The molecule has 2 heterocycles. The Kier molecular flexibility index (Phi) is 4.31. The fourth-order valence-corrected chi connectivity index (χ4v) is 3.21. The maximum atomic E-state index is 5.87. The molecule has 0 radical (unpaired) electrons. The molecule has 0 unspecified atom stereocenters. The molecule has 0 saturated carbocycles. The number of rotatable bonds is 6. The number of aryl methyl sites for hydroxylation is 1. The summed E-state index contributed by atoms with van der Waals surface area (Å²) in [6, 6.07) is 7.89. The number of thiophene rings is 1. The van der Waals surface area contributed by atoms with Crippen LogP contribution in [0.25, 0.3) is 0 Å². The van der Waals surface area contributed by atoms with Gasteiger partial charge in [-0.25, -0.2) is 0 Å². The third-order valence-corrected chi connectivity index (χ3v) is 4.45. The quantitative estimate of drug-likeness (QED) is 0.887. The molecule has 1 N–H and O–H groups in total. The summed E-state index contributed by atoms with van der Waals surface area (Å²) in [4.78, 5) is 2.65. The second-order valence-corrected chi connectivity index (χ2v) is 6.22. The van der Waals surface area contributed by atoms with Crippen molar-refractivity contribution < 1.29 is 14.2 Å². The average molecular weight is 305 g/mol. The summed E-state index contributed by atoms with van der Waals surface area (Å²) in [5.41, 5.74) is 1.24. The lowest BCUT2D eigenvalue weighted by molar-refractivity contribution is 0.173. The van der Waals surface area contributed by atoms with E-state index in [1.807, 2.05) is 29.5 Å². The summed E-state index contributed by atoms with van der Waals surface area (Å²) in [5.74, 6) is 2.34. The highest BCUT2D eigenvalue weighted by atomic mass is 32.1. The highest BCUT2D eigenvalue weighted by Crippen LogP contribution is 2.35. The van der Waals surface area contributed by atoms with Gasteiger partial charge in [-0.3, -0.25) is 0 Å². The topological polar surface area (TPSA) is 39.7 Å². The third-order valence-electron chi connectivity index (χ3n) is 3.36. The van der Waals surface area contributed by atoms with E-state index in [4.69, 9.17) is 14.2 Å². The second-order valence-electron chi connectivity index (χ2n) is 4.88. The molecule has 1 aliphatic rings. The Morgan fingerprint density at radius 1 is 1.24 bits per heavy atom. The fourth-order valence-electron chi connectivity index (χ4n) is 2.19. The molecule has 0 bridgehead atoms. The van der Waals surface area contributed by atoms with Crippen LogP contribution >= 0.6 is 11.3 Å². The molecule has 1 aliphatic heterocycles. The summed E-state index contributed by atoms with van der Waals surface area (Å²) in [6.45, 7) is 7.03. The number of hydrogen-bond donors (Lipinski definition) is 1. The van der Waals surface area contributed by atoms with Gasteiger partial charge in [0, 0.05) is 27.9 Å². The van der Waals surface area contributed by atoms with E-state index < -0.39 is 0 Å². The van der Waals surface area contributed by atoms with Crippen molar-refractivity contribution in [3.05, 3.63) is 39.6 Å². The summed E-state index contributed by atoms with van der Waals surface area (Å²) >= 11 is 1.82. The Hall–Kier alpha value is -1.72. The lowest BCUT2D eigenvalue weighted by Crippen LogP contribution is -2.10. The van der Waals surface area contributed by atoms with Gasteiger partial charge in [-0.1, -0.05) is 6.92 Å². The lowest BCUT2D eigenvalue weighted by atomic mass is 10.2. The van der Waals surface area contributed by atoms with Crippen LogP contribution in [0.2, 0.25) is 0 Å². The minimum Gasteiger partial charge on any atom is -0.489 e. The Bertz CT molecular complexity index is 624. The Labute approximate surface area is 128 Å². The molecule has 21 heavy (non-hydrogen) atoms. The van der Waals surface area contributed by atoms with Crippen molar-refractivity contribution >= 4 is 11.3 Å². The van der Waals surface area contributed by atoms with E-state index in [9.17, 15) is 0 Å². The first-order chi connectivity index (χ1) is 10.3. The molecule has 0 fully saturated rings. The zero-order valence-electron chi connectivity index (χ0n) is 12.3. The molecular weight excluding hydrogens is 286 g/mol. The number of fused-ring (bicyclic) bond motifs is 1. The van der Waals surface area contributed by atoms with Crippen LogP contribution in [0.4, 0.5) is 0 Å². The molecule has 0 spiro atoms. The fraction of sp³-hybridized carbons (Fsp3) is 0.375. The smallest absolute Gasteiger partial charge is 0.231 e. The van der Waals surface area contributed by atoms with Gasteiger partial charge in [0.15, 0.2) is 11.5 Å². The highest BCUT2D eigenvalue weighted by Gasteiger charge is 2.14. The summed E-state index contributed by atoms with van der Waals surface area (Å²) in [6.07, 6.45) is 0. The summed E-state index contributed by atoms with van der Waals surface area (Å²) in [5, 5.41) is 3.35. The van der Waals surface area contributed by atoms with Crippen LogP contribution in [0, 0.1) is 6.92 Å². The number of benzene rings is 1. The first-order valence-electron chi connectivity index (χ1n) is 7.07. The number of ether oxygens (including phenoxy) is 3. The van der Waals surface area contributed by atoms with Gasteiger partial charge in [0.2, 0.25) is 6.79 Å². The predicted molar refractivity (Wildman–Crippen MR) is 83.3 cm³/mol. The Morgan fingerprint density at radius 3 is 2.95 bits per heavy atom. The number of nitrogens with one attached hydrogen (secondary N) is 1.